The van der Waals surface area contributed by atoms with Crippen molar-refractivity contribution in [2.24, 2.45) is 0 Å². The fraction of sp³-hybridized carbons (Fsp3) is 0.647. The van der Waals surface area contributed by atoms with Gasteiger partial charge in [0.1, 0.15) is 5.75 Å². The van der Waals surface area contributed by atoms with Gasteiger partial charge in [-0.1, -0.05) is 18.2 Å². The third kappa shape index (κ3) is 4.50. The Morgan fingerprint density at radius 3 is 2.75 bits per heavy atom. The van der Waals surface area contributed by atoms with Crippen molar-refractivity contribution in [3.8, 4) is 5.75 Å². The molecule has 20 heavy (non-hydrogen) atoms. The Hall–Kier alpha value is -1.06. The standard InChI is InChI=1S/C17H26N2O/c1-2-7-17(8-3-1)20-13-5-12-19-11-4-6-16(14-19)18-15-9-10-15/h1-3,7-8,15-16,18H,4-6,9-14H2. The molecule has 1 N–H and O–H groups in total. The molecule has 1 aliphatic carbocycles. The van der Waals surface area contributed by atoms with Crippen molar-refractivity contribution in [2.75, 3.05) is 26.2 Å². The van der Waals surface area contributed by atoms with Gasteiger partial charge in [-0.2, -0.15) is 0 Å². The molecular weight excluding hydrogens is 248 g/mol. The number of benzene rings is 1. The molecule has 3 rings (SSSR count). The van der Waals surface area contributed by atoms with Gasteiger partial charge in [0.15, 0.2) is 0 Å². The van der Waals surface area contributed by atoms with Gasteiger partial charge in [-0.25, -0.2) is 0 Å². The molecular formula is C17H26N2O. The van der Waals surface area contributed by atoms with Crippen LogP contribution in [0.4, 0.5) is 0 Å². The Balaban J connectivity index is 1.31. The highest BCUT2D eigenvalue weighted by Gasteiger charge is 2.27. The number of nitrogens with one attached hydrogen (secondary N) is 1. The van der Waals surface area contributed by atoms with Crippen LogP contribution in [0.25, 0.3) is 0 Å². The third-order valence-electron chi connectivity index (χ3n) is 4.18. The predicted molar refractivity (Wildman–Crippen MR) is 82.2 cm³/mol. The van der Waals surface area contributed by atoms with E-state index in [1.165, 1.54) is 38.8 Å². The molecule has 1 saturated heterocycles. The molecule has 1 saturated carbocycles. The topological polar surface area (TPSA) is 24.5 Å². The molecule has 1 atom stereocenters. The molecule has 1 aliphatic heterocycles. The van der Waals surface area contributed by atoms with Crippen molar-refractivity contribution >= 4 is 0 Å². The van der Waals surface area contributed by atoms with Gasteiger partial charge in [0.25, 0.3) is 0 Å². The zero-order valence-corrected chi connectivity index (χ0v) is 12.3. The maximum Gasteiger partial charge on any atom is 0.119 e. The summed E-state index contributed by atoms with van der Waals surface area (Å²) in [6.45, 7) is 4.47. The summed E-state index contributed by atoms with van der Waals surface area (Å²) in [6.07, 6.45) is 6.59. The minimum Gasteiger partial charge on any atom is -0.494 e. The van der Waals surface area contributed by atoms with Gasteiger partial charge in [0.05, 0.1) is 6.61 Å². The normalized spacial score (nSPS) is 23.7. The van der Waals surface area contributed by atoms with Gasteiger partial charge in [-0.3, -0.25) is 0 Å². The lowest BCUT2D eigenvalue weighted by atomic mass is 10.1. The maximum atomic E-state index is 5.76. The number of rotatable bonds is 7. The van der Waals surface area contributed by atoms with Crippen molar-refractivity contribution in [3.63, 3.8) is 0 Å². The highest BCUT2D eigenvalue weighted by atomic mass is 16.5. The number of nitrogens with zero attached hydrogens (tertiary/aromatic N) is 1. The number of piperidine rings is 1. The molecule has 1 unspecified atom stereocenters. The van der Waals surface area contributed by atoms with Crippen LogP contribution in [0, 0.1) is 0 Å². The largest absolute Gasteiger partial charge is 0.494 e. The molecule has 0 amide bonds. The van der Waals surface area contributed by atoms with E-state index in [0.717, 1.165) is 37.4 Å². The summed E-state index contributed by atoms with van der Waals surface area (Å²) in [5.41, 5.74) is 0. The molecule has 1 heterocycles. The second-order valence-electron chi connectivity index (χ2n) is 6.10. The van der Waals surface area contributed by atoms with Crippen LogP contribution in [-0.2, 0) is 0 Å². The average molecular weight is 274 g/mol. The van der Waals surface area contributed by atoms with E-state index in [2.05, 4.69) is 10.2 Å². The van der Waals surface area contributed by atoms with Crippen molar-refractivity contribution in [2.45, 2.75) is 44.2 Å². The first kappa shape index (κ1) is 13.9. The van der Waals surface area contributed by atoms with E-state index < -0.39 is 0 Å². The van der Waals surface area contributed by atoms with Crippen LogP contribution < -0.4 is 10.1 Å². The van der Waals surface area contributed by atoms with Gasteiger partial charge in [0.2, 0.25) is 0 Å². The molecule has 0 aromatic heterocycles. The number of hydrogen-bond donors (Lipinski definition) is 1. The summed E-state index contributed by atoms with van der Waals surface area (Å²) >= 11 is 0. The third-order valence-corrected chi connectivity index (χ3v) is 4.18. The minimum absolute atomic E-state index is 0.728. The molecule has 1 aromatic carbocycles. The van der Waals surface area contributed by atoms with Gasteiger partial charge in [-0.15, -0.1) is 0 Å². The monoisotopic (exact) mass is 274 g/mol. The Morgan fingerprint density at radius 2 is 1.95 bits per heavy atom. The molecule has 0 radical (unpaired) electrons. The number of hydrogen-bond acceptors (Lipinski definition) is 3. The molecule has 3 heteroatoms. The fourth-order valence-electron chi connectivity index (χ4n) is 2.97. The summed E-state index contributed by atoms with van der Waals surface area (Å²) in [5.74, 6) is 0.986. The molecule has 0 bridgehead atoms. The molecule has 110 valence electrons. The van der Waals surface area contributed by atoms with Gasteiger partial charge in [0, 0.05) is 25.2 Å². The van der Waals surface area contributed by atoms with Crippen LogP contribution in [0.15, 0.2) is 30.3 Å². The Bertz CT molecular complexity index is 391. The first-order valence-corrected chi connectivity index (χ1v) is 8.06. The summed E-state index contributed by atoms with van der Waals surface area (Å²) in [7, 11) is 0. The van der Waals surface area contributed by atoms with Crippen LogP contribution in [0.5, 0.6) is 5.75 Å². The van der Waals surface area contributed by atoms with E-state index in [9.17, 15) is 0 Å². The quantitative estimate of drug-likeness (QED) is 0.774. The zero-order valence-electron chi connectivity index (χ0n) is 12.3. The summed E-state index contributed by atoms with van der Waals surface area (Å²) in [5, 5.41) is 3.77. The number of para-hydroxylation sites is 1. The van der Waals surface area contributed by atoms with Gasteiger partial charge < -0.3 is 15.0 Å². The number of likely N-dealkylation sites (tertiary alicyclic amines) is 1. The first-order valence-electron chi connectivity index (χ1n) is 8.06. The van der Waals surface area contributed by atoms with Crippen LogP contribution >= 0.6 is 0 Å². The Labute approximate surface area is 122 Å². The van der Waals surface area contributed by atoms with Crippen molar-refractivity contribution in [1.29, 1.82) is 0 Å². The molecule has 2 aliphatic rings. The van der Waals surface area contributed by atoms with Crippen molar-refractivity contribution in [3.05, 3.63) is 30.3 Å². The van der Waals surface area contributed by atoms with Crippen LogP contribution in [0.1, 0.15) is 32.1 Å². The van der Waals surface area contributed by atoms with Crippen LogP contribution in [0.3, 0.4) is 0 Å². The van der Waals surface area contributed by atoms with Crippen molar-refractivity contribution in [1.82, 2.24) is 10.2 Å². The van der Waals surface area contributed by atoms with Gasteiger partial charge >= 0.3 is 0 Å². The first-order chi connectivity index (χ1) is 9.90. The Kier molecular flexibility index (Phi) is 4.93. The van der Waals surface area contributed by atoms with E-state index in [1.807, 2.05) is 30.3 Å². The second kappa shape index (κ2) is 7.09. The predicted octanol–water partition coefficient (Wildman–Crippen LogP) is 2.67. The molecule has 1 aromatic rings. The fourth-order valence-corrected chi connectivity index (χ4v) is 2.97. The molecule has 3 nitrogen and oxygen atoms in total. The number of ether oxygens (including phenoxy) is 1. The summed E-state index contributed by atoms with van der Waals surface area (Å²) in [6, 6.07) is 11.7. The van der Waals surface area contributed by atoms with E-state index in [1.54, 1.807) is 0 Å². The van der Waals surface area contributed by atoms with Crippen LogP contribution in [0.2, 0.25) is 0 Å². The van der Waals surface area contributed by atoms with E-state index in [-0.39, 0.29) is 0 Å². The zero-order chi connectivity index (χ0) is 13.6. The Morgan fingerprint density at radius 1 is 1.10 bits per heavy atom. The minimum atomic E-state index is 0.728. The van der Waals surface area contributed by atoms with Gasteiger partial charge in [-0.05, 0) is 50.8 Å². The van der Waals surface area contributed by atoms with E-state index in [0.29, 0.717) is 0 Å². The second-order valence-corrected chi connectivity index (χ2v) is 6.10. The SMILES string of the molecule is c1ccc(OCCCN2CCCC(NC3CC3)C2)cc1. The van der Waals surface area contributed by atoms with Crippen LogP contribution in [-0.4, -0.2) is 43.2 Å². The van der Waals surface area contributed by atoms with E-state index in [4.69, 9.17) is 4.74 Å². The molecule has 0 spiro atoms. The highest BCUT2D eigenvalue weighted by Crippen LogP contribution is 2.22. The van der Waals surface area contributed by atoms with Crippen molar-refractivity contribution < 1.29 is 4.74 Å². The smallest absolute Gasteiger partial charge is 0.119 e. The lowest BCUT2D eigenvalue weighted by Gasteiger charge is -2.33. The summed E-state index contributed by atoms with van der Waals surface area (Å²) < 4.78 is 5.76. The lowest BCUT2D eigenvalue weighted by molar-refractivity contribution is 0.175. The lowest BCUT2D eigenvalue weighted by Crippen LogP contribution is -2.46. The van der Waals surface area contributed by atoms with E-state index >= 15 is 0 Å². The average Bonchev–Trinajstić information content (AvgIpc) is 3.29. The summed E-state index contributed by atoms with van der Waals surface area (Å²) in [4.78, 5) is 2.60. The maximum absolute atomic E-state index is 5.76. The highest BCUT2D eigenvalue weighted by molar-refractivity contribution is 5.20. The molecule has 2 fully saturated rings.